The zero-order chi connectivity index (χ0) is 35.5. The Morgan fingerprint density at radius 2 is 1.39 bits per heavy atom. The summed E-state index contributed by atoms with van der Waals surface area (Å²) in [6, 6.07) is 3.46. The van der Waals surface area contributed by atoms with E-state index in [1.165, 1.54) is 31.2 Å². The number of carbonyl (C=O) groups excluding carboxylic acids is 3. The number of amides is 3. The smallest absolute Gasteiger partial charge is 0.481 e. The number of phosphoric acid groups is 1. The number of carboxylic acids is 2. The van der Waals surface area contributed by atoms with E-state index in [4.69, 9.17) is 19.7 Å². The zero-order valence-electron chi connectivity index (χ0n) is 25.9. The number of rotatable bonds is 19. The summed E-state index contributed by atoms with van der Waals surface area (Å²) in [5, 5.41) is 21.6. The first-order valence-electron chi connectivity index (χ1n) is 14.5. The molecule has 14 nitrogen and oxygen atoms in total. The molecule has 0 unspecified atom stereocenters. The van der Waals surface area contributed by atoms with Crippen molar-refractivity contribution >= 4 is 37.5 Å². The molecular formula is C28H43F3N3O11P. The van der Waals surface area contributed by atoms with Gasteiger partial charge in [0.25, 0.3) is 0 Å². The normalized spacial score (nSPS) is 12.5. The van der Waals surface area contributed by atoms with Crippen LogP contribution in [0.5, 0.6) is 5.75 Å². The minimum Gasteiger partial charge on any atom is -0.481 e. The Kier molecular flexibility index (Phi) is 19.5. The lowest BCUT2D eigenvalue weighted by atomic mass is 10.0. The van der Waals surface area contributed by atoms with Crippen molar-refractivity contribution in [3.05, 3.63) is 29.8 Å². The minimum atomic E-state index is -5.08. The number of nitrogens with zero attached hydrogens (tertiary/aromatic N) is 1. The van der Waals surface area contributed by atoms with Crippen molar-refractivity contribution in [2.24, 2.45) is 0 Å². The van der Waals surface area contributed by atoms with Gasteiger partial charge in [0, 0.05) is 32.9 Å². The molecule has 46 heavy (non-hydrogen) atoms. The van der Waals surface area contributed by atoms with Crippen LogP contribution in [0.15, 0.2) is 24.3 Å². The third-order valence-corrected chi connectivity index (χ3v) is 6.61. The van der Waals surface area contributed by atoms with Gasteiger partial charge in [0.05, 0.1) is 0 Å². The average Bonchev–Trinajstić information content (AvgIpc) is 2.93. The van der Waals surface area contributed by atoms with Gasteiger partial charge in [-0.3, -0.25) is 29.0 Å². The maximum atomic E-state index is 13.5. The summed E-state index contributed by atoms with van der Waals surface area (Å²) in [4.78, 5) is 78.4. The number of unbranched alkanes of at least 4 members (excludes halogenated alkanes) is 4. The van der Waals surface area contributed by atoms with Crippen molar-refractivity contribution in [3.8, 4) is 5.75 Å². The van der Waals surface area contributed by atoms with Gasteiger partial charge in [-0.1, -0.05) is 51.7 Å². The summed E-state index contributed by atoms with van der Waals surface area (Å²) in [5.41, 5.74) is 0.552. The molecule has 1 rings (SSSR count). The number of carbonyl (C=O) groups is 5. The molecule has 1 aromatic carbocycles. The molecule has 0 spiro atoms. The summed E-state index contributed by atoms with van der Waals surface area (Å²) >= 11 is 0. The maximum Gasteiger partial charge on any atom is 0.524 e. The molecule has 0 aliphatic rings. The van der Waals surface area contributed by atoms with E-state index in [0.29, 0.717) is 18.7 Å². The lowest BCUT2D eigenvalue weighted by Crippen LogP contribution is -2.55. The molecule has 0 heterocycles. The third-order valence-electron chi connectivity index (χ3n) is 6.16. The molecule has 0 saturated carbocycles. The number of phosphoric ester groups is 1. The molecule has 18 heteroatoms. The van der Waals surface area contributed by atoms with Gasteiger partial charge in [0.15, 0.2) is 0 Å². The number of aliphatic carboxylic acids is 2. The molecule has 262 valence electrons. The van der Waals surface area contributed by atoms with Crippen LogP contribution in [-0.4, -0.2) is 85.9 Å². The highest BCUT2D eigenvalue weighted by Crippen LogP contribution is 2.37. The fraction of sp³-hybridized carbons (Fsp3) is 0.607. The summed E-state index contributed by atoms with van der Waals surface area (Å²) in [6.07, 6.45) is -0.0768. The summed E-state index contributed by atoms with van der Waals surface area (Å²) in [6.45, 7) is 6.37. The van der Waals surface area contributed by atoms with Gasteiger partial charge in [-0.2, -0.15) is 13.2 Å². The highest BCUT2D eigenvalue weighted by atomic mass is 31.2. The Hall–Kier alpha value is -3.69. The Labute approximate surface area is 264 Å². The molecule has 0 fully saturated rings. The van der Waals surface area contributed by atoms with E-state index in [0.717, 1.165) is 38.5 Å². The molecule has 0 radical (unpaired) electrons. The first kappa shape index (κ1) is 42.3. The van der Waals surface area contributed by atoms with Crippen molar-refractivity contribution < 1.29 is 66.2 Å². The van der Waals surface area contributed by atoms with E-state index in [2.05, 4.69) is 29.0 Å². The van der Waals surface area contributed by atoms with Gasteiger partial charge in [0.2, 0.25) is 17.7 Å². The summed E-state index contributed by atoms with van der Waals surface area (Å²) in [7, 11) is -4.73. The molecule has 0 bridgehead atoms. The average molecular weight is 686 g/mol. The summed E-state index contributed by atoms with van der Waals surface area (Å²) in [5.74, 6) is -5.40. The summed E-state index contributed by atoms with van der Waals surface area (Å²) < 4.78 is 47.3. The molecule has 3 amide bonds. The molecule has 1 aromatic rings. The van der Waals surface area contributed by atoms with Crippen molar-refractivity contribution in [1.29, 1.82) is 0 Å². The maximum absolute atomic E-state index is 13.5. The number of carboxylic acid groups (broad SMARTS) is 2. The van der Waals surface area contributed by atoms with Gasteiger partial charge in [-0.15, -0.1) is 0 Å². The Morgan fingerprint density at radius 3 is 1.78 bits per heavy atom. The van der Waals surface area contributed by atoms with Crippen LogP contribution in [0.25, 0.3) is 0 Å². The van der Waals surface area contributed by atoms with E-state index < -0.39 is 49.8 Å². The second kappa shape index (κ2) is 21.2. The van der Waals surface area contributed by atoms with Crippen LogP contribution < -0.4 is 15.2 Å². The minimum absolute atomic E-state index is 0.0121. The molecular weight excluding hydrogens is 642 g/mol. The van der Waals surface area contributed by atoms with Crippen molar-refractivity contribution in [1.82, 2.24) is 15.5 Å². The molecule has 0 aliphatic carbocycles. The van der Waals surface area contributed by atoms with Gasteiger partial charge in [-0.05, 0) is 37.0 Å². The van der Waals surface area contributed by atoms with Crippen LogP contribution >= 0.6 is 7.82 Å². The Bertz CT molecular complexity index is 1170. The first-order valence-corrected chi connectivity index (χ1v) is 16.1. The van der Waals surface area contributed by atoms with E-state index in [-0.39, 0.29) is 30.9 Å². The number of halogens is 3. The monoisotopic (exact) mass is 685 g/mol. The van der Waals surface area contributed by atoms with Crippen LogP contribution in [0.2, 0.25) is 0 Å². The number of alkyl halides is 3. The lowest BCUT2D eigenvalue weighted by Gasteiger charge is -2.29. The van der Waals surface area contributed by atoms with Crippen molar-refractivity contribution in [3.63, 3.8) is 0 Å². The predicted molar refractivity (Wildman–Crippen MR) is 159 cm³/mol. The van der Waals surface area contributed by atoms with E-state index >= 15 is 0 Å². The van der Waals surface area contributed by atoms with E-state index in [9.17, 15) is 42.0 Å². The fourth-order valence-corrected chi connectivity index (χ4v) is 4.37. The fourth-order valence-electron chi connectivity index (χ4n) is 3.97. The van der Waals surface area contributed by atoms with Crippen LogP contribution in [0.4, 0.5) is 13.2 Å². The molecule has 6 N–H and O–H groups in total. The molecule has 0 saturated heterocycles. The third kappa shape index (κ3) is 19.6. The molecule has 0 aromatic heterocycles. The Morgan fingerprint density at radius 1 is 0.891 bits per heavy atom. The predicted octanol–water partition coefficient (Wildman–Crippen LogP) is 3.40. The van der Waals surface area contributed by atoms with Gasteiger partial charge in [0.1, 0.15) is 17.8 Å². The largest absolute Gasteiger partial charge is 0.524 e. The van der Waals surface area contributed by atoms with Crippen LogP contribution in [0.3, 0.4) is 0 Å². The molecule has 0 aliphatic heterocycles. The topological polar surface area (TPSA) is 220 Å². The van der Waals surface area contributed by atoms with Crippen molar-refractivity contribution in [2.45, 2.75) is 96.8 Å². The molecule has 2 atom stereocenters. The van der Waals surface area contributed by atoms with Gasteiger partial charge in [-0.25, -0.2) is 9.36 Å². The second-order valence-electron chi connectivity index (χ2n) is 10.2. The highest BCUT2D eigenvalue weighted by molar-refractivity contribution is 7.46. The SMILES string of the molecule is CCCCCN(CCCCC)C(=O)[C@H](CCC(=O)O)NC(=O)[C@H](Cc1ccc(OP(=O)(O)O)cc1)NC(C)=O.O=C(O)C(F)(F)F. The zero-order valence-corrected chi connectivity index (χ0v) is 26.8. The number of nitrogens with one attached hydrogen (secondary N) is 2. The lowest BCUT2D eigenvalue weighted by molar-refractivity contribution is -0.192. The highest BCUT2D eigenvalue weighted by Gasteiger charge is 2.38. The van der Waals surface area contributed by atoms with Crippen LogP contribution in [0, 0.1) is 0 Å². The van der Waals surface area contributed by atoms with Crippen LogP contribution in [-0.2, 0) is 35.0 Å². The number of hydrogen-bond donors (Lipinski definition) is 6. The standard InChI is InChI=1S/C26H42N3O9P.C2HF3O2/c1-4-6-8-16-29(17-9-7-5-2)26(34)22(14-15-24(31)32)28-25(33)23(27-19(3)30)18-20-10-12-21(13-11-20)38-39(35,36)37;3-2(4,5)1(6)7/h10-13,22-23H,4-9,14-18H2,1-3H3,(H,27,30)(H,28,33)(H,31,32)(H2,35,36,37);(H,6,7)/t22-,23-;/m0./s1. The van der Waals surface area contributed by atoms with E-state index in [1.54, 1.807) is 4.90 Å². The number of benzene rings is 1. The van der Waals surface area contributed by atoms with Gasteiger partial charge >= 0.3 is 25.9 Å². The van der Waals surface area contributed by atoms with Crippen molar-refractivity contribution in [2.75, 3.05) is 13.1 Å². The second-order valence-corrected chi connectivity index (χ2v) is 11.4. The quantitative estimate of drug-likeness (QED) is 0.0915. The van der Waals surface area contributed by atoms with Crippen LogP contribution in [0.1, 0.15) is 77.7 Å². The first-order chi connectivity index (χ1) is 21.3. The van der Waals surface area contributed by atoms with E-state index in [1.807, 2.05) is 0 Å². The Balaban J connectivity index is 0.00000258. The van der Waals surface area contributed by atoms with Gasteiger partial charge < -0.3 is 30.3 Å². The number of hydrogen-bond acceptors (Lipinski definition) is 7.